The minimum atomic E-state index is 0.327. The minimum Gasteiger partial charge on any atom is -0.395 e. The Morgan fingerprint density at radius 1 is 1.27 bits per heavy atom. The number of likely N-dealkylation sites (tertiary alicyclic amines) is 1. The van der Waals surface area contributed by atoms with Gasteiger partial charge in [0.2, 0.25) is 0 Å². The molecule has 1 aromatic carbocycles. The first-order chi connectivity index (χ1) is 7.38. The highest BCUT2D eigenvalue weighted by Gasteiger charge is 2.51. The Morgan fingerprint density at radius 2 is 2.07 bits per heavy atom. The highest BCUT2D eigenvalue weighted by Crippen LogP contribution is 2.49. The molecule has 0 amide bonds. The molecule has 1 saturated carbocycles. The molecule has 15 heavy (non-hydrogen) atoms. The van der Waals surface area contributed by atoms with Gasteiger partial charge in [0.25, 0.3) is 0 Å². The lowest BCUT2D eigenvalue weighted by Crippen LogP contribution is -2.35. The van der Waals surface area contributed by atoms with E-state index in [0.717, 1.165) is 18.4 Å². The molecule has 2 fully saturated rings. The zero-order valence-electron chi connectivity index (χ0n) is 8.84. The molecule has 1 aliphatic heterocycles. The van der Waals surface area contributed by atoms with Gasteiger partial charge in [-0.1, -0.05) is 30.3 Å². The van der Waals surface area contributed by atoms with Crippen LogP contribution < -0.4 is 0 Å². The number of fused-ring (bicyclic) bond motifs is 1. The van der Waals surface area contributed by atoms with Gasteiger partial charge in [-0.25, -0.2) is 0 Å². The Balaban J connectivity index is 1.69. The molecule has 1 unspecified atom stereocenters. The largest absolute Gasteiger partial charge is 0.395 e. The SMILES string of the molecule is OC[C@@H]1[C@H]2CC2CN1Cc1ccccc1. The average Bonchev–Trinajstić information content (AvgIpc) is 2.93. The predicted octanol–water partition coefficient (Wildman–Crippen LogP) is 1.50. The van der Waals surface area contributed by atoms with Crippen molar-refractivity contribution >= 4 is 0 Å². The van der Waals surface area contributed by atoms with Crippen molar-refractivity contribution in [1.29, 1.82) is 0 Å². The number of hydrogen-bond donors (Lipinski definition) is 1. The van der Waals surface area contributed by atoms with E-state index in [2.05, 4.69) is 35.2 Å². The summed E-state index contributed by atoms with van der Waals surface area (Å²) < 4.78 is 0. The van der Waals surface area contributed by atoms with Gasteiger partial charge in [-0.05, 0) is 23.8 Å². The van der Waals surface area contributed by atoms with Gasteiger partial charge in [0.1, 0.15) is 0 Å². The molecule has 2 nitrogen and oxygen atoms in total. The Bertz CT molecular complexity index is 338. The van der Waals surface area contributed by atoms with E-state index in [-0.39, 0.29) is 0 Å². The fourth-order valence-electron chi connectivity index (χ4n) is 2.91. The van der Waals surface area contributed by atoms with Crippen LogP contribution in [-0.2, 0) is 6.54 Å². The third-order valence-corrected chi connectivity index (χ3v) is 3.83. The van der Waals surface area contributed by atoms with Crippen LogP contribution in [0.3, 0.4) is 0 Å². The van der Waals surface area contributed by atoms with Crippen molar-refractivity contribution in [3.8, 4) is 0 Å². The summed E-state index contributed by atoms with van der Waals surface area (Å²) in [6.07, 6.45) is 1.34. The Kier molecular flexibility index (Phi) is 2.26. The lowest BCUT2D eigenvalue weighted by molar-refractivity contribution is 0.131. The van der Waals surface area contributed by atoms with Gasteiger partial charge in [-0.3, -0.25) is 4.90 Å². The topological polar surface area (TPSA) is 23.5 Å². The maximum Gasteiger partial charge on any atom is 0.0589 e. The minimum absolute atomic E-state index is 0.327. The smallest absolute Gasteiger partial charge is 0.0589 e. The van der Waals surface area contributed by atoms with E-state index in [1.54, 1.807) is 0 Å². The first kappa shape index (κ1) is 9.37. The van der Waals surface area contributed by atoms with E-state index in [1.165, 1.54) is 18.5 Å². The van der Waals surface area contributed by atoms with Gasteiger partial charge >= 0.3 is 0 Å². The summed E-state index contributed by atoms with van der Waals surface area (Å²) >= 11 is 0. The molecule has 1 aromatic rings. The molecule has 0 bridgehead atoms. The predicted molar refractivity (Wildman–Crippen MR) is 59.3 cm³/mol. The first-order valence-electron chi connectivity index (χ1n) is 5.77. The molecular weight excluding hydrogens is 186 g/mol. The zero-order chi connectivity index (χ0) is 10.3. The molecule has 0 spiro atoms. The van der Waals surface area contributed by atoms with Crippen LogP contribution >= 0.6 is 0 Å². The summed E-state index contributed by atoms with van der Waals surface area (Å²) in [6.45, 7) is 2.51. The summed E-state index contributed by atoms with van der Waals surface area (Å²) in [5.41, 5.74) is 1.36. The highest BCUT2D eigenvalue weighted by atomic mass is 16.3. The second kappa shape index (κ2) is 3.62. The maximum atomic E-state index is 9.37. The molecule has 2 aliphatic rings. The summed E-state index contributed by atoms with van der Waals surface area (Å²) in [4.78, 5) is 2.44. The van der Waals surface area contributed by atoms with E-state index in [1.807, 2.05) is 0 Å². The molecule has 0 radical (unpaired) electrons. The Morgan fingerprint density at radius 3 is 2.80 bits per heavy atom. The van der Waals surface area contributed by atoms with Gasteiger partial charge < -0.3 is 5.11 Å². The number of aliphatic hydroxyl groups excluding tert-OH is 1. The fourth-order valence-corrected chi connectivity index (χ4v) is 2.91. The van der Waals surface area contributed by atoms with Gasteiger partial charge in [0.15, 0.2) is 0 Å². The van der Waals surface area contributed by atoms with E-state index in [9.17, 15) is 5.11 Å². The van der Waals surface area contributed by atoms with Crippen LogP contribution in [0.5, 0.6) is 0 Å². The normalized spacial score (nSPS) is 34.1. The Labute approximate surface area is 90.5 Å². The van der Waals surface area contributed by atoms with Crippen LogP contribution in [0, 0.1) is 11.8 Å². The van der Waals surface area contributed by atoms with E-state index < -0.39 is 0 Å². The molecule has 3 atom stereocenters. The molecule has 0 aromatic heterocycles. The lowest BCUT2D eigenvalue weighted by Gasteiger charge is -2.25. The van der Waals surface area contributed by atoms with Crippen molar-refractivity contribution in [2.24, 2.45) is 11.8 Å². The molecule has 1 heterocycles. The average molecular weight is 203 g/mol. The van der Waals surface area contributed by atoms with Crippen molar-refractivity contribution in [3.05, 3.63) is 35.9 Å². The summed E-state index contributed by atoms with van der Waals surface area (Å²) in [5.74, 6) is 1.67. The van der Waals surface area contributed by atoms with Gasteiger partial charge in [0, 0.05) is 19.1 Å². The fraction of sp³-hybridized carbons (Fsp3) is 0.538. The quantitative estimate of drug-likeness (QED) is 0.804. The van der Waals surface area contributed by atoms with Gasteiger partial charge in [0.05, 0.1) is 6.61 Å². The summed E-state index contributed by atoms with van der Waals surface area (Å²) in [7, 11) is 0. The number of piperidine rings is 1. The molecule has 2 heteroatoms. The van der Waals surface area contributed by atoms with Gasteiger partial charge in [-0.2, -0.15) is 0 Å². The van der Waals surface area contributed by atoms with Crippen LogP contribution in [0.15, 0.2) is 30.3 Å². The van der Waals surface area contributed by atoms with Crippen LogP contribution in [0.1, 0.15) is 12.0 Å². The first-order valence-corrected chi connectivity index (χ1v) is 5.77. The Hall–Kier alpha value is -0.860. The molecule has 1 saturated heterocycles. The van der Waals surface area contributed by atoms with Crippen molar-refractivity contribution in [2.45, 2.75) is 19.0 Å². The van der Waals surface area contributed by atoms with Crippen LogP contribution in [0.4, 0.5) is 0 Å². The second-order valence-electron chi connectivity index (χ2n) is 4.82. The molecule has 1 N–H and O–H groups in total. The third kappa shape index (κ3) is 1.68. The maximum absolute atomic E-state index is 9.37. The molecule has 80 valence electrons. The van der Waals surface area contributed by atoms with Crippen LogP contribution in [0.25, 0.3) is 0 Å². The summed E-state index contributed by atoms with van der Waals surface area (Å²) in [5, 5.41) is 9.37. The monoisotopic (exact) mass is 203 g/mol. The molecule has 1 aliphatic carbocycles. The third-order valence-electron chi connectivity index (χ3n) is 3.83. The number of hydrogen-bond acceptors (Lipinski definition) is 2. The number of benzene rings is 1. The van der Waals surface area contributed by atoms with E-state index in [0.29, 0.717) is 12.6 Å². The van der Waals surface area contributed by atoms with E-state index >= 15 is 0 Å². The van der Waals surface area contributed by atoms with E-state index in [4.69, 9.17) is 0 Å². The van der Waals surface area contributed by atoms with Crippen molar-refractivity contribution < 1.29 is 5.11 Å². The highest BCUT2D eigenvalue weighted by molar-refractivity contribution is 5.16. The van der Waals surface area contributed by atoms with Crippen LogP contribution in [0.2, 0.25) is 0 Å². The molecule has 3 rings (SSSR count). The van der Waals surface area contributed by atoms with Crippen LogP contribution in [-0.4, -0.2) is 29.2 Å². The summed E-state index contributed by atoms with van der Waals surface area (Å²) in [6, 6.07) is 11.0. The van der Waals surface area contributed by atoms with Crippen molar-refractivity contribution in [3.63, 3.8) is 0 Å². The number of nitrogens with zero attached hydrogens (tertiary/aromatic N) is 1. The molecular formula is C13H17NO. The van der Waals surface area contributed by atoms with Crippen molar-refractivity contribution in [2.75, 3.05) is 13.2 Å². The standard InChI is InChI=1S/C13H17NO/c15-9-13-12-6-11(12)8-14(13)7-10-4-2-1-3-5-10/h1-5,11-13,15H,6-9H2/t11?,12-,13+/m0/s1. The zero-order valence-corrected chi connectivity index (χ0v) is 8.84. The lowest BCUT2D eigenvalue weighted by atomic mass is 10.1. The number of rotatable bonds is 3. The van der Waals surface area contributed by atoms with Gasteiger partial charge in [-0.15, -0.1) is 0 Å². The second-order valence-corrected chi connectivity index (χ2v) is 4.82. The van der Waals surface area contributed by atoms with Crippen molar-refractivity contribution in [1.82, 2.24) is 4.90 Å². The number of aliphatic hydroxyl groups is 1.